The van der Waals surface area contributed by atoms with Gasteiger partial charge in [-0.15, -0.1) is 0 Å². The molecule has 1 rings (SSSR count). The summed E-state index contributed by atoms with van der Waals surface area (Å²) in [6.07, 6.45) is 2.22. The zero-order valence-corrected chi connectivity index (χ0v) is 10.6. The van der Waals surface area contributed by atoms with Gasteiger partial charge in [-0.2, -0.15) is 0 Å². The van der Waals surface area contributed by atoms with Crippen LogP contribution in [0.3, 0.4) is 0 Å². The molecule has 0 aliphatic carbocycles. The number of rotatable bonds is 3. The summed E-state index contributed by atoms with van der Waals surface area (Å²) in [6, 6.07) is 4.57. The Morgan fingerprint density at radius 2 is 2.20 bits per heavy atom. The van der Waals surface area contributed by atoms with E-state index in [2.05, 4.69) is 0 Å². The molecule has 0 aliphatic heterocycles. The van der Waals surface area contributed by atoms with Crippen molar-refractivity contribution in [3.05, 3.63) is 29.8 Å². The van der Waals surface area contributed by atoms with Crippen LogP contribution in [0.2, 0.25) is 0 Å². The van der Waals surface area contributed by atoms with E-state index in [1.54, 1.807) is 12.1 Å². The number of ether oxygens (including phenoxy) is 1. The zero-order valence-electron chi connectivity index (χ0n) is 8.56. The van der Waals surface area contributed by atoms with Crippen LogP contribution < -0.4 is 39.4 Å². The van der Waals surface area contributed by atoms with Crippen LogP contribution in [-0.2, 0) is 4.79 Å². The molecule has 0 aliphatic rings. The van der Waals surface area contributed by atoms with E-state index in [4.69, 9.17) is 4.74 Å². The van der Waals surface area contributed by atoms with Gasteiger partial charge in [-0.1, -0.05) is 12.1 Å². The van der Waals surface area contributed by atoms with Gasteiger partial charge in [0.25, 0.3) is 0 Å². The van der Waals surface area contributed by atoms with Crippen LogP contribution in [0.4, 0.5) is 0 Å². The first-order valence-electron chi connectivity index (χ1n) is 3.89. The molecule has 1 aromatic carbocycles. The maximum Gasteiger partial charge on any atom is 1.00 e. The van der Waals surface area contributed by atoms with Crippen molar-refractivity contribution in [2.75, 3.05) is 7.11 Å². The number of carbonyl (C=O) groups is 1. The standard InChI is InChI=1S/C10H10O4.Na/c1-14-9-4-2-7(6-8(9)11)3-5-10(12)13;/h2-6,11H,1H3,(H,12,13);/q;+1/p-1. The molecular weight excluding hydrogens is 207 g/mol. The molecule has 0 bridgehead atoms. The second kappa shape index (κ2) is 6.50. The molecule has 74 valence electrons. The molecule has 0 radical (unpaired) electrons. The van der Waals surface area contributed by atoms with Gasteiger partial charge in [-0.3, -0.25) is 0 Å². The predicted octanol–water partition coefficient (Wildman–Crippen LogP) is -2.83. The Balaban J connectivity index is 0.00000196. The topological polar surface area (TPSA) is 69.6 Å². The molecule has 0 atom stereocenters. The smallest absolute Gasteiger partial charge is 0.545 e. The Bertz CT molecular complexity index is 374. The molecule has 15 heavy (non-hydrogen) atoms. The Morgan fingerprint density at radius 3 is 2.67 bits per heavy atom. The molecule has 1 aromatic rings. The maximum atomic E-state index is 10.1. The van der Waals surface area contributed by atoms with Crippen LogP contribution in [0.5, 0.6) is 11.5 Å². The second-order valence-electron chi connectivity index (χ2n) is 2.58. The Morgan fingerprint density at radius 1 is 1.53 bits per heavy atom. The minimum Gasteiger partial charge on any atom is -0.545 e. The molecule has 0 spiro atoms. The first-order valence-corrected chi connectivity index (χ1v) is 3.89. The van der Waals surface area contributed by atoms with Gasteiger partial charge in [0.15, 0.2) is 11.5 Å². The number of phenolic OH excluding ortho intramolecular Hbond substituents is 1. The number of phenols is 1. The van der Waals surface area contributed by atoms with Crippen LogP contribution in [0, 0.1) is 0 Å². The van der Waals surface area contributed by atoms with Crippen LogP contribution >= 0.6 is 0 Å². The summed E-state index contributed by atoms with van der Waals surface area (Å²) in [7, 11) is 1.44. The van der Waals surface area contributed by atoms with Gasteiger partial charge >= 0.3 is 29.6 Å². The van der Waals surface area contributed by atoms with E-state index in [9.17, 15) is 15.0 Å². The van der Waals surface area contributed by atoms with Crippen molar-refractivity contribution in [2.45, 2.75) is 0 Å². The third-order valence-electron chi connectivity index (χ3n) is 1.61. The summed E-state index contributed by atoms with van der Waals surface area (Å²) in [5.74, 6) is -0.969. The molecule has 1 N–H and O–H groups in total. The molecule has 0 aromatic heterocycles. The van der Waals surface area contributed by atoms with Crippen molar-refractivity contribution in [2.24, 2.45) is 0 Å². The van der Waals surface area contributed by atoms with Gasteiger partial charge in [-0.25, -0.2) is 0 Å². The molecule has 0 heterocycles. The summed E-state index contributed by atoms with van der Waals surface area (Å²) in [4.78, 5) is 10.1. The Kier molecular flexibility index (Phi) is 6.08. The van der Waals surface area contributed by atoms with E-state index in [1.165, 1.54) is 19.3 Å². The van der Waals surface area contributed by atoms with E-state index in [1.807, 2.05) is 0 Å². The largest absolute Gasteiger partial charge is 1.00 e. The molecule has 4 nitrogen and oxygen atoms in total. The summed E-state index contributed by atoms with van der Waals surface area (Å²) in [5.41, 5.74) is 0.563. The number of methoxy groups -OCH3 is 1. The number of carboxylic acid groups (broad SMARTS) is 1. The van der Waals surface area contributed by atoms with Crippen molar-refractivity contribution in [3.63, 3.8) is 0 Å². The number of hydrogen-bond acceptors (Lipinski definition) is 4. The molecular formula is C10H9NaO4. The van der Waals surface area contributed by atoms with Crippen LogP contribution in [0.25, 0.3) is 6.08 Å². The van der Waals surface area contributed by atoms with E-state index in [0.29, 0.717) is 11.3 Å². The number of aromatic hydroxyl groups is 1. The molecule has 0 unspecified atom stereocenters. The average Bonchev–Trinajstić information content (AvgIpc) is 2.15. The van der Waals surface area contributed by atoms with Crippen molar-refractivity contribution in [3.8, 4) is 11.5 Å². The van der Waals surface area contributed by atoms with E-state index < -0.39 is 5.97 Å². The van der Waals surface area contributed by atoms with Gasteiger partial charge in [-0.05, 0) is 23.8 Å². The average molecular weight is 216 g/mol. The van der Waals surface area contributed by atoms with E-state index in [0.717, 1.165) is 6.08 Å². The van der Waals surface area contributed by atoms with Crippen molar-refractivity contribution in [1.82, 2.24) is 0 Å². The van der Waals surface area contributed by atoms with Crippen LogP contribution in [0.15, 0.2) is 24.3 Å². The second-order valence-corrected chi connectivity index (χ2v) is 2.58. The summed E-state index contributed by atoms with van der Waals surface area (Å²) < 4.78 is 4.82. The summed E-state index contributed by atoms with van der Waals surface area (Å²) >= 11 is 0. The Labute approximate surface area is 109 Å². The van der Waals surface area contributed by atoms with Crippen molar-refractivity contribution < 1.29 is 49.3 Å². The molecule has 0 amide bonds. The fourth-order valence-corrected chi connectivity index (χ4v) is 0.975. The summed E-state index contributed by atoms with van der Waals surface area (Å²) in [5, 5.41) is 19.4. The van der Waals surface area contributed by atoms with E-state index in [-0.39, 0.29) is 35.3 Å². The van der Waals surface area contributed by atoms with Gasteiger partial charge in [0.1, 0.15) is 0 Å². The predicted molar refractivity (Wildman–Crippen MR) is 48.7 cm³/mol. The Hall–Kier alpha value is -0.970. The van der Waals surface area contributed by atoms with Crippen LogP contribution in [-0.4, -0.2) is 18.2 Å². The number of carbonyl (C=O) groups excluding carboxylic acids is 1. The zero-order chi connectivity index (χ0) is 10.6. The van der Waals surface area contributed by atoms with E-state index >= 15 is 0 Å². The van der Waals surface area contributed by atoms with Gasteiger partial charge in [0.05, 0.1) is 13.1 Å². The minimum absolute atomic E-state index is 0. The number of aliphatic carboxylic acids is 1. The fourth-order valence-electron chi connectivity index (χ4n) is 0.975. The molecule has 0 saturated heterocycles. The van der Waals surface area contributed by atoms with Gasteiger partial charge in [0, 0.05) is 0 Å². The first-order chi connectivity index (χ1) is 6.63. The minimum atomic E-state index is -1.28. The third-order valence-corrected chi connectivity index (χ3v) is 1.61. The third kappa shape index (κ3) is 4.38. The number of benzene rings is 1. The fraction of sp³-hybridized carbons (Fsp3) is 0.100. The maximum absolute atomic E-state index is 10.1. The first kappa shape index (κ1) is 14.0. The van der Waals surface area contributed by atoms with Crippen LogP contribution in [0.1, 0.15) is 5.56 Å². The van der Waals surface area contributed by atoms with Gasteiger partial charge in [0.2, 0.25) is 0 Å². The number of carboxylic acids is 1. The monoisotopic (exact) mass is 216 g/mol. The number of hydrogen-bond donors (Lipinski definition) is 1. The normalized spacial score (nSPS) is 9.67. The van der Waals surface area contributed by atoms with Crippen molar-refractivity contribution in [1.29, 1.82) is 0 Å². The molecule has 0 fully saturated rings. The van der Waals surface area contributed by atoms with Gasteiger partial charge < -0.3 is 19.7 Å². The van der Waals surface area contributed by atoms with Crippen molar-refractivity contribution >= 4 is 12.0 Å². The molecule has 0 saturated carbocycles. The summed E-state index contributed by atoms with van der Waals surface area (Å²) in [6.45, 7) is 0. The molecule has 5 heteroatoms. The quantitative estimate of drug-likeness (QED) is 0.436. The SMILES string of the molecule is COc1ccc(C=CC(=O)[O-])cc1O.[Na+].